The lowest BCUT2D eigenvalue weighted by Gasteiger charge is -2.04. The maximum absolute atomic E-state index is 2.34. The van der Waals surface area contributed by atoms with E-state index < -0.39 is 0 Å². The van der Waals surface area contributed by atoms with Gasteiger partial charge in [0, 0.05) is 11.1 Å². The monoisotopic (exact) mass is 282 g/mol. The molecule has 0 fully saturated rings. The van der Waals surface area contributed by atoms with E-state index in [0.717, 1.165) is 0 Å². The third-order valence-corrected chi connectivity index (χ3v) is 4.30. The Hall–Kier alpha value is -3.00. The minimum Gasteiger partial charge on any atom is -0.294 e. The highest BCUT2D eigenvalue weighted by molar-refractivity contribution is 5.95. The SMILES string of the molecule is c1ccc(-n2c3ccccc3n3c4ccccc4cc23)cc1. The molecule has 5 aromatic rings. The Morgan fingerprint density at radius 1 is 0.545 bits per heavy atom. The summed E-state index contributed by atoms with van der Waals surface area (Å²) in [6.07, 6.45) is 0. The molecule has 2 heteroatoms. The van der Waals surface area contributed by atoms with E-state index in [0.29, 0.717) is 0 Å². The van der Waals surface area contributed by atoms with Crippen LogP contribution in [-0.4, -0.2) is 8.97 Å². The number of para-hydroxylation sites is 4. The van der Waals surface area contributed by atoms with Crippen LogP contribution in [0.5, 0.6) is 0 Å². The van der Waals surface area contributed by atoms with Crippen LogP contribution < -0.4 is 0 Å². The molecule has 0 aliphatic heterocycles. The molecule has 0 aliphatic rings. The second kappa shape index (κ2) is 4.25. The topological polar surface area (TPSA) is 9.34 Å². The molecule has 0 saturated carbocycles. The van der Waals surface area contributed by atoms with Crippen LogP contribution in [0, 0.1) is 0 Å². The van der Waals surface area contributed by atoms with Crippen molar-refractivity contribution in [1.82, 2.24) is 8.97 Å². The van der Waals surface area contributed by atoms with Crippen molar-refractivity contribution < 1.29 is 0 Å². The van der Waals surface area contributed by atoms with E-state index in [1.807, 2.05) is 0 Å². The first-order valence-electron chi connectivity index (χ1n) is 7.48. The van der Waals surface area contributed by atoms with Crippen molar-refractivity contribution in [2.24, 2.45) is 0 Å². The van der Waals surface area contributed by atoms with Gasteiger partial charge in [-0.3, -0.25) is 8.97 Å². The van der Waals surface area contributed by atoms with Crippen molar-refractivity contribution in [3.8, 4) is 5.69 Å². The summed E-state index contributed by atoms with van der Waals surface area (Å²) in [6, 6.07) is 29.9. The fourth-order valence-corrected chi connectivity index (χ4v) is 3.37. The first-order valence-corrected chi connectivity index (χ1v) is 7.48. The van der Waals surface area contributed by atoms with Crippen molar-refractivity contribution in [3.05, 3.63) is 84.9 Å². The van der Waals surface area contributed by atoms with Gasteiger partial charge in [0.15, 0.2) is 0 Å². The fourth-order valence-electron chi connectivity index (χ4n) is 3.37. The number of rotatable bonds is 1. The van der Waals surface area contributed by atoms with Crippen LogP contribution in [0.15, 0.2) is 84.9 Å². The Balaban J connectivity index is 2.07. The molecule has 0 bridgehead atoms. The zero-order valence-corrected chi connectivity index (χ0v) is 12.0. The molecule has 0 amide bonds. The predicted molar refractivity (Wildman–Crippen MR) is 91.7 cm³/mol. The maximum Gasteiger partial charge on any atom is 0.123 e. The van der Waals surface area contributed by atoms with E-state index in [1.165, 1.54) is 33.3 Å². The van der Waals surface area contributed by atoms with Crippen LogP contribution in [-0.2, 0) is 0 Å². The highest BCUT2D eigenvalue weighted by atomic mass is 15.1. The summed E-state index contributed by atoms with van der Waals surface area (Å²) in [5.74, 6) is 0. The molecular formula is C20H14N2. The average molecular weight is 282 g/mol. The Kier molecular flexibility index (Phi) is 2.25. The molecule has 22 heavy (non-hydrogen) atoms. The summed E-state index contributed by atoms with van der Waals surface area (Å²) in [5.41, 5.74) is 6.12. The molecule has 0 spiro atoms. The van der Waals surface area contributed by atoms with Gasteiger partial charge in [-0.05, 0) is 36.4 Å². The van der Waals surface area contributed by atoms with Gasteiger partial charge < -0.3 is 0 Å². The standard InChI is InChI=1S/C20H14N2/c1-2-9-16(10-3-1)21-18-12-6-7-13-19(18)22-17-11-5-4-8-15(17)14-20(21)22/h1-14H. The highest BCUT2D eigenvalue weighted by Gasteiger charge is 2.14. The number of aromatic nitrogens is 2. The van der Waals surface area contributed by atoms with Gasteiger partial charge in [-0.2, -0.15) is 0 Å². The normalized spacial score (nSPS) is 11.6. The quantitative estimate of drug-likeness (QED) is 0.407. The van der Waals surface area contributed by atoms with Crippen molar-refractivity contribution >= 4 is 27.6 Å². The van der Waals surface area contributed by atoms with Gasteiger partial charge in [-0.1, -0.05) is 48.5 Å². The van der Waals surface area contributed by atoms with Gasteiger partial charge >= 0.3 is 0 Å². The Bertz CT molecular complexity index is 1110. The number of benzene rings is 3. The molecule has 104 valence electrons. The molecule has 0 saturated heterocycles. The first kappa shape index (κ1) is 11.6. The van der Waals surface area contributed by atoms with Crippen LogP contribution in [0.1, 0.15) is 0 Å². The van der Waals surface area contributed by atoms with Gasteiger partial charge in [0.25, 0.3) is 0 Å². The van der Waals surface area contributed by atoms with E-state index in [-0.39, 0.29) is 0 Å². The van der Waals surface area contributed by atoms with Crippen molar-refractivity contribution in [1.29, 1.82) is 0 Å². The van der Waals surface area contributed by atoms with E-state index in [2.05, 4.69) is 93.9 Å². The highest BCUT2D eigenvalue weighted by Crippen LogP contribution is 2.30. The molecule has 5 rings (SSSR count). The zero-order chi connectivity index (χ0) is 14.5. The van der Waals surface area contributed by atoms with Crippen LogP contribution in [0.4, 0.5) is 0 Å². The number of fused-ring (bicyclic) bond motifs is 5. The molecule has 0 atom stereocenters. The molecule has 3 aromatic carbocycles. The summed E-state index contributed by atoms with van der Waals surface area (Å²) >= 11 is 0. The third-order valence-electron chi connectivity index (χ3n) is 4.30. The molecule has 0 N–H and O–H groups in total. The molecule has 2 nitrogen and oxygen atoms in total. The second-order valence-corrected chi connectivity index (χ2v) is 5.56. The van der Waals surface area contributed by atoms with Gasteiger partial charge in [0.2, 0.25) is 0 Å². The molecule has 0 aliphatic carbocycles. The first-order chi connectivity index (χ1) is 10.9. The lowest BCUT2D eigenvalue weighted by Crippen LogP contribution is -1.92. The minimum absolute atomic E-state index is 1.19. The van der Waals surface area contributed by atoms with Crippen molar-refractivity contribution in [3.63, 3.8) is 0 Å². The second-order valence-electron chi connectivity index (χ2n) is 5.56. The maximum atomic E-state index is 2.34. The molecule has 0 unspecified atom stereocenters. The van der Waals surface area contributed by atoms with E-state index in [4.69, 9.17) is 0 Å². The van der Waals surface area contributed by atoms with Gasteiger partial charge in [-0.25, -0.2) is 0 Å². The molecule has 0 radical (unpaired) electrons. The summed E-state index contributed by atoms with van der Waals surface area (Å²) in [6.45, 7) is 0. The predicted octanol–water partition coefficient (Wildman–Crippen LogP) is 5.04. The molecule has 2 aromatic heterocycles. The third kappa shape index (κ3) is 1.44. The zero-order valence-electron chi connectivity index (χ0n) is 12.0. The van der Waals surface area contributed by atoms with Crippen molar-refractivity contribution in [2.45, 2.75) is 0 Å². The smallest absolute Gasteiger partial charge is 0.123 e. The molecule has 2 heterocycles. The van der Waals surface area contributed by atoms with Crippen LogP contribution >= 0.6 is 0 Å². The molecular weight excluding hydrogens is 268 g/mol. The number of imidazole rings is 1. The summed E-state index contributed by atoms with van der Waals surface area (Å²) in [4.78, 5) is 0. The lowest BCUT2D eigenvalue weighted by molar-refractivity contribution is 1.15. The van der Waals surface area contributed by atoms with Gasteiger partial charge in [-0.15, -0.1) is 0 Å². The van der Waals surface area contributed by atoms with E-state index in [1.54, 1.807) is 0 Å². The summed E-state index contributed by atoms with van der Waals surface area (Å²) in [5, 5.41) is 1.27. The Morgan fingerprint density at radius 2 is 1.18 bits per heavy atom. The Morgan fingerprint density at radius 3 is 2.00 bits per heavy atom. The van der Waals surface area contributed by atoms with E-state index in [9.17, 15) is 0 Å². The van der Waals surface area contributed by atoms with E-state index >= 15 is 0 Å². The summed E-state index contributed by atoms with van der Waals surface area (Å²) in [7, 11) is 0. The average Bonchev–Trinajstić information content (AvgIpc) is 3.10. The van der Waals surface area contributed by atoms with Crippen LogP contribution in [0.25, 0.3) is 33.3 Å². The Labute approximate surface area is 127 Å². The lowest BCUT2D eigenvalue weighted by atomic mass is 10.2. The van der Waals surface area contributed by atoms with Gasteiger partial charge in [0.1, 0.15) is 5.65 Å². The number of hydrogen-bond acceptors (Lipinski definition) is 0. The van der Waals surface area contributed by atoms with Crippen molar-refractivity contribution in [2.75, 3.05) is 0 Å². The minimum atomic E-state index is 1.19. The van der Waals surface area contributed by atoms with Crippen LogP contribution in [0.3, 0.4) is 0 Å². The largest absolute Gasteiger partial charge is 0.294 e. The summed E-state index contributed by atoms with van der Waals surface area (Å²) < 4.78 is 4.67. The fraction of sp³-hybridized carbons (Fsp3) is 0. The van der Waals surface area contributed by atoms with Crippen LogP contribution in [0.2, 0.25) is 0 Å². The van der Waals surface area contributed by atoms with Gasteiger partial charge in [0.05, 0.1) is 16.6 Å². The number of hydrogen-bond donors (Lipinski definition) is 0. The number of nitrogens with zero attached hydrogens (tertiary/aromatic N) is 2.